The molecule has 1 aromatic rings. The second-order valence-electron chi connectivity index (χ2n) is 4.30. The summed E-state index contributed by atoms with van der Waals surface area (Å²) < 4.78 is 4.86. The lowest BCUT2D eigenvalue weighted by Gasteiger charge is -2.20. The first-order chi connectivity index (χ1) is 8.87. The van der Waals surface area contributed by atoms with Crippen LogP contribution in [0.4, 0.5) is 0 Å². The van der Waals surface area contributed by atoms with Crippen LogP contribution in [-0.2, 0) is 14.3 Å². The van der Waals surface area contributed by atoms with Crippen LogP contribution in [0.5, 0.6) is 0 Å². The number of ketones is 1. The van der Waals surface area contributed by atoms with Gasteiger partial charge in [-0.1, -0.05) is 11.8 Å². The van der Waals surface area contributed by atoms with E-state index in [0.717, 1.165) is 11.8 Å². The standard InChI is InChI=1S/C12H16N2O4S/c1-4-18-10(17)12(2,3)8(15)7-19-11-13-6-5-9(16)14-11/h5-6H,4,7H2,1-3H3,(H,13,14,16). The summed E-state index contributed by atoms with van der Waals surface area (Å²) in [6, 6.07) is 1.29. The SMILES string of the molecule is CCOC(=O)C(C)(C)C(=O)CSc1nccc(=O)[nH]1. The van der Waals surface area contributed by atoms with Crippen LogP contribution < -0.4 is 5.56 Å². The molecular formula is C12H16N2O4S. The van der Waals surface area contributed by atoms with E-state index in [1.807, 2.05) is 0 Å². The second kappa shape index (κ2) is 6.51. The van der Waals surface area contributed by atoms with E-state index in [0.29, 0.717) is 5.16 Å². The van der Waals surface area contributed by atoms with Gasteiger partial charge in [0, 0.05) is 12.3 Å². The third kappa shape index (κ3) is 4.20. The molecular weight excluding hydrogens is 268 g/mol. The highest BCUT2D eigenvalue weighted by Gasteiger charge is 2.37. The van der Waals surface area contributed by atoms with Gasteiger partial charge < -0.3 is 9.72 Å². The van der Waals surface area contributed by atoms with Crippen molar-refractivity contribution in [3.8, 4) is 0 Å². The quantitative estimate of drug-likeness (QED) is 0.363. The van der Waals surface area contributed by atoms with Crippen molar-refractivity contribution in [3.05, 3.63) is 22.6 Å². The molecule has 104 valence electrons. The molecule has 0 saturated carbocycles. The number of aromatic amines is 1. The highest BCUT2D eigenvalue weighted by Crippen LogP contribution is 2.23. The van der Waals surface area contributed by atoms with Gasteiger partial charge in [0.15, 0.2) is 10.9 Å². The molecule has 1 heterocycles. The molecule has 0 aliphatic rings. The van der Waals surface area contributed by atoms with Gasteiger partial charge >= 0.3 is 5.97 Å². The minimum atomic E-state index is -1.20. The molecule has 0 aliphatic carbocycles. The molecule has 1 aromatic heterocycles. The number of esters is 1. The van der Waals surface area contributed by atoms with Gasteiger partial charge in [0.25, 0.3) is 5.56 Å². The second-order valence-corrected chi connectivity index (χ2v) is 5.26. The van der Waals surface area contributed by atoms with Crippen LogP contribution in [0.25, 0.3) is 0 Å². The Kier molecular flexibility index (Phi) is 5.29. The molecule has 0 aromatic carbocycles. The number of nitrogens with one attached hydrogen (secondary N) is 1. The number of nitrogens with zero attached hydrogens (tertiary/aromatic N) is 1. The number of aromatic nitrogens is 2. The summed E-state index contributed by atoms with van der Waals surface area (Å²) in [5, 5.41) is 0.348. The van der Waals surface area contributed by atoms with E-state index in [9.17, 15) is 14.4 Å². The minimum absolute atomic E-state index is 0.0404. The van der Waals surface area contributed by atoms with Crippen LogP contribution in [0.1, 0.15) is 20.8 Å². The fraction of sp³-hybridized carbons (Fsp3) is 0.500. The summed E-state index contributed by atoms with van der Waals surface area (Å²) in [6.45, 7) is 4.96. The van der Waals surface area contributed by atoms with E-state index >= 15 is 0 Å². The van der Waals surface area contributed by atoms with Gasteiger partial charge in [0.05, 0.1) is 12.4 Å². The summed E-state index contributed by atoms with van der Waals surface area (Å²) in [5.41, 5.74) is -1.48. The maximum Gasteiger partial charge on any atom is 0.319 e. The van der Waals surface area contributed by atoms with E-state index < -0.39 is 11.4 Å². The summed E-state index contributed by atoms with van der Waals surface area (Å²) in [4.78, 5) is 41.1. The Hall–Kier alpha value is -1.63. The number of carbonyl (C=O) groups excluding carboxylic acids is 2. The number of H-pyrrole nitrogens is 1. The third-order valence-corrected chi connectivity index (χ3v) is 3.36. The van der Waals surface area contributed by atoms with Gasteiger partial charge in [-0.05, 0) is 20.8 Å². The predicted molar refractivity (Wildman–Crippen MR) is 71.0 cm³/mol. The number of ether oxygens (including phenoxy) is 1. The average Bonchev–Trinajstić information content (AvgIpc) is 2.36. The van der Waals surface area contributed by atoms with Crippen molar-refractivity contribution in [2.45, 2.75) is 25.9 Å². The van der Waals surface area contributed by atoms with Gasteiger partial charge in [-0.3, -0.25) is 14.4 Å². The summed E-state index contributed by atoms with van der Waals surface area (Å²) in [7, 11) is 0. The molecule has 1 rings (SSSR count). The fourth-order valence-electron chi connectivity index (χ4n) is 1.17. The number of rotatable bonds is 6. The number of Topliss-reactive ketones (excluding diaryl/α,β-unsaturated/α-hetero) is 1. The Morgan fingerprint density at radius 1 is 1.47 bits per heavy atom. The highest BCUT2D eigenvalue weighted by atomic mass is 32.2. The fourth-order valence-corrected chi connectivity index (χ4v) is 2.10. The molecule has 7 heteroatoms. The van der Waals surface area contributed by atoms with E-state index in [1.165, 1.54) is 26.1 Å². The molecule has 0 saturated heterocycles. The molecule has 6 nitrogen and oxygen atoms in total. The maximum absolute atomic E-state index is 12.0. The highest BCUT2D eigenvalue weighted by molar-refractivity contribution is 7.99. The van der Waals surface area contributed by atoms with Crippen molar-refractivity contribution in [3.63, 3.8) is 0 Å². The zero-order valence-electron chi connectivity index (χ0n) is 11.1. The average molecular weight is 284 g/mol. The van der Waals surface area contributed by atoms with Gasteiger partial charge in [-0.15, -0.1) is 0 Å². The van der Waals surface area contributed by atoms with Crippen LogP contribution in [0.2, 0.25) is 0 Å². The lowest BCUT2D eigenvalue weighted by molar-refractivity contribution is -0.157. The monoisotopic (exact) mass is 284 g/mol. The summed E-state index contributed by atoms with van der Waals surface area (Å²) in [5.74, 6) is -0.781. The van der Waals surface area contributed by atoms with E-state index in [-0.39, 0.29) is 23.7 Å². The lowest BCUT2D eigenvalue weighted by Crippen LogP contribution is -2.36. The Balaban J connectivity index is 2.64. The van der Waals surface area contributed by atoms with Crippen LogP contribution in [-0.4, -0.2) is 34.1 Å². The van der Waals surface area contributed by atoms with Crippen molar-refractivity contribution in [1.29, 1.82) is 0 Å². The Morgan fingerprint density at radius 3 is 2.74 bits per heavy atom. The molecule has 0 atom stereocenters. The van der Waals surface area contributed by atoms with Gasteiger partial charge in [0.1, 0.15) is 5.41 Å². The smallest absolute Gasteiger partial charge is 0.319 e. The van der Waals surface area contributed by atoms with Crippen molar-refractivity contribution in [1.82, 2.24) is 9.97 Å². The van der Waals surface area contributed by atoms with Crippen LogP contribution in [0, 0.1) is 5.41 Å². The van der Waals surface area contributed by atoms with Crippen LogP contribution in [0.15, 0.2) is 22.2 Å². The number of thioether (sulfide) groups is 1. The predicted octanol–water partition coefficient (Wildman–Crippen LogP) is 1.02. The number of hydrogen-bond donors (Lipinski definition) is 1. The maximum atomic E-state index is 12.0. The molecule has 0 bridgehead atoms. The van der Waals surface area contributed by atoms with Crippen molar-refractivity contribution >= 4 is 23.5 Å². The molecule has 1 N–H and O–H groups in total. The molecule has 0 radical (unpaired) electrons. The third-order valence-electron chi connectivity index (χ3n) is 2.47. The normalized spacial score (nSPS) is 11.1. The first-order valence-corrected chi connectivity index (χ1v) is 6.75. The zero-order valence-corrected chi connectivity index (χ0v) is 11.9. The first-order valence-electron chi connectivity index (χ1n) is 5.76. The first kappa shape index (κ1) is 15.4. The van der Waals surface area contributed by atoms with Gasteiger partial charge in [-0.25, -0.2) is 4.98 Å². The minimum Gasteiger partial charge on any atom is -0.465 e. The van der Waals surface area contributed by atoms with Crippen molar-refractivity contribution < 1.29 is 14.3 Å². The summed E-state index contributed by atoms with van der Waals surface area (Å²) >= 11 is 1.08. The van der Waals surface area contributed by atoms with E-state index in [1.54, 1.807) is 6.92 Å². The zero-order chi connectivity index (χ0) is 14.5. The van der Waals surface area contributed by atoms with Gasteiger partial charge in [0.2, 0.25) is 0 Å². The molecule has 0 aliphatic heterocycles. The molecule has 0 unspecified atom stereocenters. The summed E-state index contributed by atoms with van der Waals surface area (Å²) in [6.07, 6.45) is 1.36. The largest absolute Gasteiger partial charge is 0.465 e. The van der Waals surface area contributed by atoms with Crippen molar-refractivity contribution in [2.75, 3.05) is 12.4 Å². The van der Waals surface area contributed by atoms with Crippen molar-refractivity contribution in [2.24, 2.45) is 5.41 Å². The molecule has 0 fully saturated rings. The molecule has 0 spiro atoms. The topological polar surface area (TPSA) is 89.1 Å². The Morgan fingerprint density at radius 2 is 2.16 bits per heavy atom. The van der Waals surface area contributed by atoms with E-state index in [2.05, 4.69) is 9.97 Å². The number of carbonyl (C=O) groups is 2. The molecule has 0 amide bonds. The Bertz CT molecular complexity index is 524. The van der Waals surface area contributed by atoms with Gasteiger partial charge in [-0.2, -0.15) is 0 Å². The van der Waals surface area contributed by atoms with Crippen LogP contribution >= 0.6 is 11.8 Å². The lowest BCUT2D eigenvalue weighted by atomic mass is 9.89. The Labute approximate surface area is 115 Å². The number of hydrogen-bond acceptors (Lipinski definition) is 6. The van der Waals surface area contributed by atoms with Crippen LogP contribution in [0.3, 0.4) is 0 Å². The van der Waals surface area contributed by atoms with E-state index in [4.69, 9.17) is 4.74 Å². The molecule has 19 heavy (non-hydrogen) atoms.